The van der Waals surface area contributed by atoms with Crippen molar-refractivity contribution in [1.82, 2.24) is 10.2 Å². The van der Waals surface area contributed by atoms with E-state index < -0.39 is 23.3 Å². The van der Waals surface area contributed by atoms with E-state index in [1.54, 1.807) is 6.92 Å². The molecule has 2 rings (SSSR count). The van der Waals surface area contributed by atoms with E-state index in [1.165, 1.54) is 13.0 Å². The van der Waals surface area contributed by atoms with Crippen LogP contribution in [0.15, 0.2) is 21.8 Å². The summed E-state index contributed by atoms with van der Waals surface area (Å²) >= 11 is 0.572. The molecule has 0 radical (unpaired) electrons. The van der Waals surface area contributed by atoms with Gasteiger partial charge in [-0.15, -0.1) is 11.8 Å². The lowest BCUT2D eigenvalue weighted by molar-refractivity contribution is -0.105. The van der Waals surface area contributed by atoms with E-state index in [9.17, 15) is 22.4 Å². The van der Waals surface area contributed by atoms with Crippen molar-refractivity contribution in [3.8, 4) is 11.1 Å². The lowest BCUT2D eigenvalue weighted by Crippen LogP contribution is -2.11. The van der Waals surface area contributed by atoms with Crippen LogP contribution in [0, 0.1) is 19.7 Å². The zero-order valence-electron chi connectivity index (χ0n) is 11.2. The summed E-state index contributed by atoms with van der Waals surface area (Å²) in [5.74, 6) is -1.71. The number of H-pyrrole nitrogens is 2. The van der Waals surface area contributed by atoms with Gasteiger partial charge in [0.2, 0.25) is 0 Å². The van der Waals surface area contributed by atoms with E-state index in [0.29, 0.717) is 27.9 Å². The van der Waals surface area contributed by atoms with Gasteiger partial charge in [0.1, 0.15) is 5.82 Å². The molecule has 0 aliphatic carbocycles. The summed E-state index contributed by atoms with van der Waals surface area (Å²) in [5.41, 5.74) is 0.401. The molecule has 0 aliphatic heterocycles. The zero-order valence-corrected chi connectivity index (χ0v) is 12.0. The van der Waals surface area contributed by atoms with Crippen LogP contribution in [0.3, 0.4) is 0 Å². The molecule has 1 aromatic carbocycles. The minimum Gasteiger partial charge on any atom is -0.302 e. The minimum absolute atomic E-state index is 0.00901. The Labute approximate surface area is 121 Å². The fourth-order valence-electron chi connectivity index (χ4n) is 1.93. The van der Waals surface area contributed by atoms with Crippen molar-refractivity contribution in [3.63, 3.8) is 0 Å². The number of hydrogen-bond donors (Lipinski definition) is 2. The van der Waals surface area contributed by atoms with Gasteiger partial charge in [0, 0.05) is 16.2 Å². The van der Waals surface area contributed by atoms with E-state index in [2.05, 4.69) is 10.2 Å². The molecule has 1 aromatic heterocycles. The van der Waals surface area contributed by atoms with Crippen LogP contribution < -0.4 is 5.56 Å². The van der Waals surface area contributed by atoms with Gasteiger partial charge in [-0.1, -0.05) is 0 Å². The molecule has 114 valence electrons. The maximum atomic E-state index is 14.0. The predicted molar refractivity (Wildman–Crippen MR) is 73.1 cm³/mol. The third-order valence-electron chi connectivity index (χ3n) is 2.89. The molecule has 0 spiro atoms. The van der Waals surface area contributed by atoms with Crippen LogP contribution in [0.25, 0.3) is 11.1 Å². The van der Waals surface area contributed by atoms with Gasteiger partial charge in [-0.25, -0.2) is 4.39 Å². The summed E-state index contributed by atoms with van der Waals surface area (Å²) < 4.78 is 50.9. The monoisotopic (exact) mass is 320 g/mol. The van der Waals surface area contributed by atoms with E-state index >= 15 is 0 Å². The van der Waals surface area contributed by atoms with Gasteiger partial charge in [-0.05, 0) is 31.5 Å². The topological polar surface area (TPSA) is 48.6 Å². The van der Waals surface area contributed by atoms with Crippen LogP contribution in [0.5, 0.6) is 0 Å². The number of aryl methyl sites for hydroxylation is 2. The van der Waals surface area contributed by atoms with Gasteiger partial charge in [0.05, 0.1) is 11.3 Å². The number of thioether (sulfide) groups is 1. The molecule has 0 saturated carbocycles. The minimum atomic E-state index is -4.31. The number of aromatic nitrogens is 2. The number of rotatable bonds is 3. The molecular formula is C13H12F4N2OS. The first-order valence-corrected chi connectivity index (χ1v) is 6.95. The van der Waals surface area contributed by atoms with Crippen LogP contribution in [-0.2, 0) is 0 Å². The summed E-state index contributed by atoms with van der Waals surface area (Å²) in [6.07, 6.45) is -4.31. The Hall–Kier alpha value is -1.70. The molecule has 8 heteroatoms. The number of alkyl halides is 3. The highest BCUT2D eigenvalue weighted by atomic mass is 32.2. The van der Waals surface area contributed by atoms with E-state index in [1.807, 2.05) is 0 Å². The zero-order chi connectivity index (χ0) is 15.8. The molecule has 3 nitrogen and oxygen atoms in total. The lowest BCUT2D eigenvalue weighted by Gasteiger charge is -2.11. The van der Waals surface area contributed by atoms with Gasteiger partial charge >= 0.3 is 6.18 Å². The van der Waals surface area contributed by atoms with Gasteiger partial charge < -0.3 is 5.10 Å². The van der Waals surface area contributed by atoms with Crippen molar-refractivity contribution < 1.29 is 17.6 Å². The molecule has 0 atom stereocenters. The van der Waals surface area contributed by atoms with Crippen molar-refractivity contribution in [2.75, 3.05) is 5.75 Å². The average molecular weight is 320 g/mol. The Kier molecular flexibility index (Phi) is 4.18. The van der Waals surface area contributed by atoms with Crippen molar-refractivity contribution in [3.05, 3.63) is 39.6 Å². The molecule has 0 amide bonds. The Bertz CT molecular complexity index is 718. The summed E-state index contributed by atoms with van der Waals surface area (Å²) in [4.78, 5) is 12.0. The average Bonchev–Trinajstić information content (AvgIpc) is 2.68. The first-order chi connectivity index (χ1) is 9.69. The normalized spacial score (nSPS) is 11.9. The Balaban J connectivity index is 2.47. The van der Waals surface area contributed by atoms with Crippen LogP contribution in [-0.4, -0.2) is 22.1 Å². The number of aromatic amines is 2. The molecule has 0 fully saturated rings. The van der Waals surface area contributed by atoms with Gasteiger partial charge in [0.15, 0.2) is 0 Å². The third-order valence-corrected chi connectivity index (χ3v) is 4.11. The maximum absolute atomic E-state index is 14.0. The second kappa shape index (κ2) is 5.59. The van der Waals surface area contributed by atoms with Crippen molar-refractivity contribution in [1.29, 1.82) is 0 Å². The van der Waals surface area contributed by atoms with Crippen LogP contribution >= 0.6 is 11.8 Å². The fourth-order valence-corrected chi connectivity index (χ4v) is 2.74. The van der Waals surface area contributed by atoms with E-state index in [0.717, 1.165) is 6.07 Å². The highest BCUT2D eigenvalue weighted by Crippen LogP contribution is 2.33. The second-order valence-corrected chi connectivity index (χ2v) is 5.60. The predicted octanol–water partition coefficient (Wildman–Crippen LogP) is 3.78. The van der Waals surface area contributed by atoms with Crippen molar-refractivity contribution in [2.24, 2.45) is 0 Å². The number of hydrogen-bond acceptors (Lipinski definition) is 2. The summed E-state index contributed by atoms with van der Waals surface area (Å²) in [6, 6.07) is 2.42. The number of benzene rings is 1. The van der Waals surface area contributed by atoms with E-state index in [-0.39, 0.29) is 11.1 Å². The van der Waals surface area contributed by atoms with Gasteiger partial charge in [-0.3, -0.25) is 9.89 Å². The Morgan fingerprint density at radius 3 is 2.38 bits per heavy atom. The summed E-state index contributed by atoms with van der Waals surface area (Å²) in [7, 11) is 0. The van der Waals surface area contributed by atoms with Crippen LogP contribution in [0.4, 0.5) is 17.6 Å². The van der Waals surface area contributed by atoms with Crippen molar-refractivity contribution >= 4 is 11.8 Å². The highest BCUT2D eigenvalue weighted by Gasteiger charge is 2.28. The van der Waals surface area contributed by atoms with Crippen LogP contribution in [0.1, 0.15) is 11.3 Å². The molecule has 21 heavy (non-hydrogen) atoms. The third kappa shape index (κ3) is 3.49. The number of nitrogens with one attached hydrogen (secondary N) is 2. The summed E-state index contributed by atoms with van der Waals surface area (Å²) in [6.45, 7) is 3.11. The maximum Gasteiger partial charge on any atom is 0.398 e. The first-order valence-electron chi connectivity index (χ1n) is 5.96. The second-order valence-electron chi connectivity index (χ2n) is 4.58. The molecule has 0 unspecified atom stereocenters. The van der Waals surface area contributed by atoms with Crippen molar-refractivity contribution in [2.45, 2.75) is 24.9 Å². The SMILES string of the molecule is Cc1cc(F)c(-c2c(C)[nH][nH]c2=O)cc1SCC(F)(F)F. The molecule has 2 aromatic rings. The van der Waals surface area contributed by atoms with Crippen LogP contribution in [0.2, 0.25) is 0 Å². The quantitative estimate of drug-likeness (QED) is 0.668. The molecule has 0 bridgehead atoms. The lowest BCUT2D eigenvalue weighted by atomic mass is 10.0. The molecular weight excluding hydrogens is 308 g/mol. The van der Waals surface area contributed by atoms with E-state index in [4.69, 9.17) is 0 Å². The standard InChI is InChI=1S/C13H12F4N2OS/c1-6-3-9(14)8(11-7(2)18-19-12(11)20)4-10(6)21-5-13(15,16)17/h3-4H,5H2,1-2H3,(H2,18,19,20). The Morgan fingerprint density at radius 1 is 1.19 bits per heavy atom. The number of halogens is 4. The Morgan fingerprint density at radius 2 is 1.86 bits per heavy atom. The van der Waals surface area contributed by atoms with Gasteiger partial charge in [0.25, 0.3) is 5.56 Å². The molecule has 0 aliphatic rings. The smallest absolute Gasteiger partial charge is 0.302 e. The largest absolute Gasteiger partial charge is 0.398 e. The molecule has 1 heterocycles. The molecule has 2 N–H and O–H groups in total. The summed E-state index contributed by atoms with van der Waals surface area (Å²) in [5, 5.41) is 4.88. The van der Waals surface area contributed by atoms with Gasteiger partial charge in [-0.2, -0.15) is 13.2 Å². The fraction of sp³-hybridized carbons (Fsp3) is 0.308. The molecule has 0 saturated heterocycles. The first kappa shape index (κ1) is 15.7. The highest BCUT2D eigenvalue weighted by molar-refractivity contribution is 7.99.